The lowest BCUT2D eigenvalue weighted by atomic mass is 9.93. The number of para-hydroxylation sites is 1. The molecule has 3 rings (SSSR count). The Morgan fingerprint density at radius 1 is 1.10 bits per heavy atom. The number of aromatic hydroxyl groups is 1. The van der Waals surface area contributed by atoms with Crippen molar-refractivity contribution in [3.05, 3.63) is 65.0 Å². The number of ether oxygens (including phenoxy) is 1. The van der Waals surface area contributed by atoms with Crippen molar-refractivity contribution in [2.45, 2.75) is 51.6 Å². The van der Waals surface area contributed by atoms with Crippen LogP contribution in [0.1, 0.15) is 53.6 Å². The Labute approximate surface area is 170 Å². The predicted octanol–water partition coefficient (Wildman–Crippen LogP) is 4.36. The molecule has 0 aliphatic heterocycles. The Hall–Kier alpha value is -2.89. The lowest BCUT2D eigenvalue weighted by Crippen LogP contribution is -2.43. The average Bonchev–Trinajstić information content (AvgIpc) is 2.74. The van der Waals surface area contributed by atoms with Crippen LogP contribution in [0, 0.1) is 12.7 Å². The summed E-state index contributed by atoms with van der Waals surface area (Å²) in [6, 6.07) is 10.9. The normalized spacial score (nSPS) is 14.4. The zero-order valence-electron chi connectivity index (χ0n) is 16.6. The highest BCUT2D eigenvalue weighted by molar-refractivity contribution is 5.94. The molecular weight excluding hydrogens is 373 g/mol. The number of phenols is 1. The Balaban J connectivity index is 1.69. The fourth-order valence-corrected chi connectivity index (χ4v) is 3.71. The molecule has 0 unspecified atom stereocenters. The van der Waals surface area contributed by atoms with Gasteiger partial charge in [-0.15, -0.1) is 0 Å². The molecule has 154 valence electrons. The number of benzene rings is 2. The average molecular weight is 399 g/mol. The molecule has 0 spiro atoms. The summed E-state index contributed by atoms with van der Waals surface area (Å²) in [4.78, 5) is 27.0. The first kappa shape index (κ1) is 20.8. The van der Waals surface area contributed by atoms with Gasteiger partial charge < -0.3 is 14.7 Å². The largest absolute Gasteiger partial charge is 0.507 e. The molecule has 5 nitrogen and oxygen atoms in total. The summed E-state index contributed by atoms with van der Waals surface area (Å²) in [6.07, 6.45) is 5.05. The first-order valence-electron chi connectivity index (χ1n) is 9.95. The number of nitrogens with zero attached hydrogens (tertiary/aromatic N) is 1. The van der Waals surface area contributed by atoms with Crippen molar-refractivity contribution < 1.29 is 23.8 Å². The van der Waals surface area contributed by atoms with Crippen LogP contribution in [0.2, 0.25) is 0 Å². The van der Waals surface area contributed by atoms with Gasteiger partial charge in [0.1, 0.15) is 17.1 Å². The van der Waals surface area contributed by atoms with Crippen LogP contribution < -0.4 is 0 Å². The van der Waals surface area contributed by atoms with Crippen molar-refractivity contribution >= 4 is 11.9 Å². The fraction of sp³-hybridized carbons (Fsp3) is 0.391. The number of halogens is 1. The van der Waals surface area contributed by atoms with Gasteiger partial charge >= 0.3 is 5.97 Å². The molecule has 0 aromatic heterocycles. The molecule has 1 amide bonds. The van der Waals surface area contributed by atoms with Gasteiger partial charge in [-0.25, -0.2) is 9.18 Å². The molecule has 2 aromatic rings. The molecule has 6 heteroatoms. The lowest BCUT2D eigenvalue weighted by Gasteiger charge is -2.34. The van der Waals surface area contributed by atoms with Gasteiger partial charge in [-0.3, -0.25) is 4.79 Å². The number of phenolic OH excluding ortho intramolecular Hbond substituents is 1. The number of hydrogen-bond donors (Lipinski definition) is 1. The van der Waals surface area contributed by atoms with Crippen LogP contribution in [0.25, 0.3) is 0 Å². The Morgan fingerprint density at radius 2 is 1.79 bits per heavy atom. The SMILES string of the molecule is Cc1cccc(C(=O)OCC(=O)N(Cc2ccc(F)cc2)C2CCCCC2)c1O. The van der Waals surface area contributed by atoms with Crippen LogP contribution in [0.5, 0.6) is 5.75 Å². The second-order valence-corrected chi connectivity index (χ2v) is 7.49. The summed E-state index contributed by atoms with van der Waals surface area (Å²) in [5.41, 5.74) is 1.43. The van der Waals surface area contributed by atoms with E-state index in [1.165, 1.54) is 18.2 Å². The topological polar surface area (TPSA) is 66.8 Å². The summed E-state index contributed by atoms with van der Waals surface area (Å²) in [6.45, 7) is 1.63. The second kappa shape index (κ2) is 9.54. The van der Waals surface area contributed by atoms with E-state index in [-0.39, 0.29) is 29.1 Å². The molecule has 29 heavy (non-hydrogen) atoms. The third kappa shape index (κ3) is 5.34. The molecular formula is C23H26FNO4. The van der Waals surface area contributed by atoms with Crippen molar-refractivity contribution in [1.82, 2.24) is 4.90 Å². The van der Waals surface area contributed by atoms with E-state index in [0.717, 1.165) is 37.7 Å². The number of amides is 1. The van der Waals surface area contributed by atoms with Gasteiger partial charge in [-0.05, 0) is 49.1 Å². The van der Waals surface area contributed by atoms with E-state index in [1.54, 1.807) is 36.1 Å². The molecule has 0 saturated heterocycles. The Bertz CT molecular complexity index is 860. The van der Waals surface area contributed by atoms with E-state index in [0.29, 0.717) is 12.1 Å². The summed E-state index contributed by atoms with van der Waals surface area (Å²) in [5.74, 6) is -1.48. The zero-order chi connectivity index (χ0) is 20.8. The van der Waals surface area contributed by atoms with Crippen molar-refractivity contribution in [3.8, 4) is 5.75 Å². The number of carbonyl (C=O) groups excluding carboxylic acids is 2. The summed E-state index contributed by atoms with van der Waals surface area (Å²) in [5, 5.41) is 10.0. The number of carbonyl (C=O) groups is 2. The minimum absolute atomic E-state index is 0.0422. The molecule has 1 saturated carbocycles. The van der Waals surface area contributed by atoms with Gasteiger partial charge in [0.15, 0.2) is 6.61 Å². The first-order chi connectivity index (χ1) is 14.0. The second-order valence-electron chi connectivity index (χ2n) is 7.49. The predicted molar refractivity (Wildman–Crippen MR) is 107 cm³/mol. The quantitative estimate of drug-likeness (QED) is 0.733. The molecule has 0 bridgehead atoms. The van der Waals surface area contributed by atoms with Gasteiger partial charge in [0, 0.05) is 12.6 Å². The van der Waals surface area contributed by atoms with Crippen molar-refractivity contribution in [1.29, 1.82) is 0 Å². The monoisotopic (exact) mass is 399 g/mol. The summed E-state index contributed by atoms with van der Waals surface area (Å²) >= 11 is 0. The smallest absolute Gasteiger partial charge is 0.342 e. The highest BCUT2D eigenvalue weighted by Crippen LogP contribution is 2.25. The van der Waals surface area contributed by atoms with Crippen LogP contribution >= 0.6 is 0 Å². The number of esters is 1. The van der Waals surface area contributed by atoms with E-state index < -0.39 is 12.6 Å². The molecule has 1 aliphatic carbocycles. The maximum atomic E-state index is 13.2. The van der Waals surface area contributed by atoms with E-state index in [4.69, 9.17) is 4.74 Å². The number of aryl methyl sites for hydroxylation is 1. The van der Waals surface area contributed by atoms with Crippen molar-refractivity contribution in [2.75, 3.05) is 6.61 Å². The molecule has 0 atom stereocenters. The number of rotatable bonds is 6. The highest BCUT2D eigenvalue weighted by atomic mass is 19.1. The standard InChI is InChI=1S/C23H26FNO4/c1-16-6-5-9-20(22(16)27)23(28)29-15-21(26)25(19-7-3-2-4-8-19)14-17-10-12-18(24)13-11-17/h5-6,9-13,19,27H,2-4,7-8,14-15H2,1H3. The molecule has 1 fully saturated rings. The van der Waals surface area contributed by atoms with Gasteiger partial charge in [-0.1, -0.05) is 43.5 Å². The van der Waals surface area contributed by atoms with Crippen LogP contribution in [0.15, 0.2) is 42.5 Å². The highest BCUT2D eigenvalue weighted by Gasteiger charge is 2.27. The molecule has 0 radical (unpaired) electrons. The molecule has 2 aromatic carbocycles. The summed E-state index contributed by atoms with van der Waals surface area (Å²) in [7, 11) is 0. The minimum Gasteiger partial charge on any atom is -0.507 e. The van der Waals surface area contributed by atoms with E-state index in [2.05, 4.69) is 0 Å². The van der Waals surface area contributed by atoms with Crippen molar-refractivity contribution in [3.63, 3.8) is 0 Å². The molecule has 0 heterocycles. The van der Waals surface area contributed by atoms with E-state index in [1.807, 2.05) is 0 Å². The maximum absolute atomic E-state index is 13.2. The maximum Gasteiger partial charge on any atom is 0.342 e. The van der Waals surface area contributed by atoms with Gasteiger partial charge in [0.2, 0.25) is 0 Å². The van der Waals surface area contributed by atoms with Crippen molar-refractivity contribution in [2.24, 2.45) is 0 Å². The lowest BCUT2D eigenvalue weighted by molar-refractivity contribution is -0.138. The van der Waals surface area contributed by atoms with E-state index in [9.17, 15) is 19.1 Å². The zero-order valence-corrected chi connectivity index (χ0v) is 16.6. The van der Waals surface area contributed by atoms with Crippen LogP contribution in [0.3, 0.4) is 0 Å². The van der Waals surface area contributed by atoms with Gasteiger partial charge in [0.05, 0.1) is 0 Å². The third-order valence-corrected chi connectivity index (χ3v) is 5.39. The third-order valence-electron chi connectivity index (χ3n) is 5.39. The molecule has 1 aliphatic rings. The Kier molecular flexibility index (Phi) is 6.86. The first-order valence-corrected chi connectivity index (χ1v) is 9.95. The minimum atomic E-state index is -0.732. The fourth-order valence-electron chi connectivity index (χ4n) is 3.71. The number of hydrogen-bond acceptors (Lipinski definition) is 4. The van der Waals surface area contributed by atoms with Crippen LogP contribution in [-0.4, -0.2) is 34.5 Å². The van der Waals surface area contributed by atoms with E-state index >= 15 is 0 Å². The van der Waals surface area contributed by atoms with Crippen LogP contribution in [0.4, 0.5) is 4.39 Å². The summed E-state index contributed by atoms with van der Waals surface area (Å²) < 4.78 is 18.4. The van der Waals surface area contributed by atoms with Gasteiger partial charge in [-0.2, -0.15) is 0 Å². The molecule has 1 N–H and O–H groups in total. The van der Waals surface area contributed by atoms with Crippen LogP contribution in [-0.2, 0) is 16.1 Å². The van der Waals surface area contributed by atoms with Gasteiger partial charge in [0.25, 0.3) is 5.91 Å². The Morgan fingerprint density at radius 3 is 2.48 bits per heavy atom.